The van der Waals surface area contributed by atoms with Crippen LogP contribution in [0.25, 0.3) is 10.9 Å². The highest BCUT2D eigenvalue weighted by Crippen LogP contribution is 2.19. The number of hydrogen-bond donors (Lipinski definition) is 2. The third-order valence-electron chi connectivity index (χ3n) is 4.50. The minimum atomic E-state index is 0.322. The van der Waals surface area contributed by atoms with Gasteiger partial charge in [0.05, 0.1) is 11.2 Å². The number of aromatic hydroxyl groups is 1. The molecule has 0 spiro atoms. The molecule has 1 heterocycles. The minimum Gasteiger partial charge on any atom is -0.508 e. The number of phenolic OH excluding ortho intramolecular Hbond substituents is 1. The molecule has 1 atom stereocenters. The molecule has 1 unspecified atom stereocenters. The second-order valence-electron chi connectivity index (χ2n) is 6.58. The van der Waals surface area contributed by atoms with E-state index in [1.54, 1.807) is 12.1 Å². The van der Waals surface area contributed by atoms with Crippen LogP contribution in [0.15, 0.2) is 42.5 Å². The molecule has 0 saturated heterocycles. The number of hydrogen-bond acceptors (Lipinski definition) is 3. The van der Waals surface area contributed by atoms with Crippen molar-refractivity contribution in [2.45, 2.75) is 39.3 Å². The fourth-order valence-corrected chi connectivity index (χ4v) is 3.00. The lowest BCUT2D eigenvalue weighted by Gasteiger charge is -2.13. The molecule has 0 saturated carbocycles. The number of nitrogens with zero attached hydrogens (tertiary/aromatic N) is 2. The highest BCUT2D eigenvalue weighted by molar-refractivity contribution is 5.82. The molecule has 4 heteroatoms. The second-order valence-corrected chi connectivity index (χ2v) is 6.58. The summed E-state index contributed by atoms with van der Waals surface area (Å²) < 4.78 is 1.95. The summed E-state index contributed by atoms with van der Waals surface area (Å²) in [6.45, 7) is 5.10. The Morgan fingerprint density at radius 3 is 2.67 bits per heavy atom. The first-order chi connectivity index (χ1) is 11.5. The molecule has 0 aliphatic heterocycles. The molecule has 3 aromatic rings. The van der Waals surface area contributed by atoms with Crippen LogP contribution in [0.3, 0.4) is 0 Å². The first-order valence-electron chi connectivity index (χ1n) is 8.46. The Kier molecular flexibility index (Phi) is 4.86. The molecule has 0 radical (unpaired) electrons. The van der Waals surface area contributed by atoms with E-state index in [1.807, 2.05) is 23.9 Å². The van der Waals surface area contributed by atoms with Crippen LogP contribution in [0.2, 0.25) is 0 Å². The maximum Gasteiger partial charge on any atom is 0.115 e. The average Bonchev–Trinajstić information content (AvgIpc) is 2.88. The fraction of sp³-hybridized carbons (Fsp3) is 0.350. The first-order valence-corrected chi connectivity index (χ1v) is 8.46. The number of fused-ring (bicyclic) bond motifs is 1. The summed E-state index contributed by atoms with van der Waals surface area (Å²) >= 11 is 0. The number of benzene rings is 2. The van der Waals surface area contributed by atoms with Crippen molar-refractivity contribution in [1.82, 2.24) is 15.1 Å². The molecule has 2 aromatic carbocycles. The maximum absolute atomic E-state index is 9.33. The van der Waals surface area contributed by atoms with E-state index in [1.165, 1.54) is 22.0 Å². The van der Waals surface area contributed by atoms with E-state index in [0.717, 1.165) is 25.1 Å². The largest absolute Gasteiger partial charge is 0.508 e. The van der Waals surface area contributed by atoms with Crippen LogP contribution < -0.4 is 5.32 Å². The number of aromatic nitrogens is 2. The van der Waals surface area contributed by atoms with Crippen molar-refractivity contribution in [2.75, 3.05) is 0 Å². The van der Waals surface area contributed by atoms with Gasteiger partial charge in [0.15, 0.2) is 0 Å². The first kappa shape index (κ1) is 16.5. The van der Waals surface area contributed by atoms with Crippen molar-refractivity contribution in [3.8, 4) is 5.75 Å². The summed E-state index contributed by atoms with van der Waals surface area (Å²) in [5.41, 5.74) is 4.79. The molecule has 2 N–H and O–H groups in total. The summed E-state index contributed by atoms with van der Waals surface area (Å²) in [5.74, 6) is 0.322. The quantitative estimate of drug-likeness (QED) is 0.727. The summed E-state index contributed by atoms with van der Waals surface area (Å²) in [4.78, 5) is 0. The van der Waals surface area contributed by atoms with Gasteiger partial charge in [-0.3, -0.25) is 4.68 Å². The molecular formula is C20H25N3O. The molecule has 0 aliphatic rings. The van der Waals surface area contributed by atoms with E-state index < -0.39 is 0 Å². The molecule has 0 bridgehead atoms. The van der Waals surface area contributed by atoms with Gasteiger partial charge in [0.25, 0.3) is 0 Å². The second kappa shape index (κ2) is 7.05. The topological polar surface area (TPSA) is 50.1 Å². The van der Waals surface area contributed by atoms with Crippen LogP contribution >= 0.6 is 0 Å². The van der Waals surface area contributed by atoms with Gasteiger partial charge in [-0.05, 0) is 56.5 Å². The number of rotatable bonds is 6. The molecular weight excluding hydrogens is 298 g/mol. The monoisotopic (exact) mass is 323 g/mol. The standard InChI is InChI=1S/C20H25N3O/c1-14-4-11-20-18(12-14)19(22-23(20)3)13-21-15(2)5-6-16-7-9-17(24)10-8-16/h4,7-12,15,21,24H,5-6,13H2,1-3H3. The van der Waals surface area contributed by atoms with Crippen molar-refractivity contribution in [1.29, 1.82) is 0 Å². The molecule has 4 nitrogen and oxygen atoms in total. The van der Waals surface area contributed by atoms with Crippen LogP contribution in [-0.2, 0) is 20.0 Å². The lowest BCUT2D eigenvalue weighted by atomic mass is 10.1. The average molecular weight is 323 g/mol. The predicted octanol–water partition coefficient (Wildman–Crippen LogP) is 3.70. The van der Waals surface area contributed by atoms with E-state index in [9.17, 15) is 5.11 Å². The van der Waals surface area contributed by atoms with Crippen LogP contribution in [0.5, 0.6) is 5.75 Å². The van der Waals surface area contributed by atoms with Gasteiger partial charge in [-0.25, -0.2) is 0 Å². The van der Waals surface area contributed by atoms with Crippen LogP contribution in [-0.4, -0.2) is 20.9 Å². The van der Waals surface area contributed by atoms with Gasteiger partial charge in [-0.1, -0.05) is 23.8 Å². The molecule has 0 amide bonds. The third-order valence-corrected chi connectivity index (χ3v) is 4.50. The van der Waals surface area contributed by atoms with Gasteiger partial charge >= 0.3 is 0 Å². The smallest absolute Gasteiger partial charge is 0.115 e. The van der Waals surface area contributed by atoms with E-state index in [0.29, 0.717) is 11.8 Å². The molecule has 126 valence electrons. The van der Waals surface area contributed by atoms with E-state index in [-0.39, 0.29) is 0 Å². The summed E-state index contributed by atoms with van der Waals surface area (Å²) in [5, 5.41) is 18.8. The molecule has 0 aliphatic carbocycles. The zero-order chi connectivity index (χ0) is 17.1. The van der Waals surface area contributed by atoms with Gasteiger partial charge in [0.2, 0.25) is 0 Å². The number of phenols is 1. The summed E-state index contributed by atoms with van der Waals surface area (Å²) in [7, 11) is 2.00. The van der Waals surface area contributed by atoms with Gasteiger partial charge in [-0.15, -0.1) is 0 Å². The van der Waals surface area contributed by atoms with Gasteiger partial charge in [0.1, 0.15) is 5.75 Å². The molecule has 3 rings (SSSR count). The third kappa shape index (κ3) is 3.77. The van der Waals surface area contributed by atoms with Gasteiger partial charge in [-0.2, -0.15) is 5.10 Å². The lowest BCUT2D eigenvalue weighted by molar-refractivity contribution is 0.474. The lowest BCUT2D eigenvalue weighted by Crippen LogP contribution is -2.26. The SMILES string of the molecule is Cc1ccc2c(c1)c(CNC(C)CCc1ccc(O)cc1)nn2C. The Labute approximate surface area is 143 Å². The summed E-state index contributed by atoms with van der Waals surface area (Å²) in [6, 6.07) is 14.3. The van der Waals surface area contributed by atoms with Crippen molar-refractivity contribution in [2.24, 2.45) is 7.05 Å². The van der Waals surface area contributed by atoms with Gasteiger partial charge in [0, 0.05) is 25.0 Å². The highest BCUT2D eigenvalue weighted by atomic mass is 16.3. The Morgan fingerprint density at radius 1 is 1.17 bits per heavy atom. The van der Waals surface area contributed by atoms with Crippen molar-refractivity contribution in [3.05, 3.63) is 59.3 Å². The Hall–Kier alpha value is -2.33. The Morgan fingerprint density at radius 2 is 1.92 bits per heavy atom. The van der Waals surface area contributed by atoms with E-state index >= 15 is 0 Å². The molecule has 24 heavy (non-hydrogen) atoms. The van der Waals surface area contributed by atoms with Crippen molar-refractivity contribution >= 4 is 10.9 Å². The zero-order valence-electron chi connectivity index (χ0n) is 14.6. The van der Waals surface area contributed by atoms with Crippen molar-refractivity contribution in [3.63, 3.8) is 0 Å². The molecule has 1 aromatic heterocycles. The Balaban J connectivity index is 1.59. The zero-order valence-corrected chi connectivity index (χ0v) is 14.6. The summed E-state index contributed by atoms with van der Waals surface area (Å²) in [6.07, 6.45) is 2.05. The normalized spacial score (nSPS) is 12.6. The molecule has 0 fully saturated rings. The van der Waals surface area contributed by atoms with Crippen LogP contribution in [0.1, 0.15) is 30.2 Å². The van der Waals surface area contributed by atoms with Gasteiger partial charge < -0.3 is 10.4 Å². The van der Waals surface area contributed by atoms with E-state index in [2.05, 4.69) is 42.5 Å². The Bertz CT molecular complexity index is 821. The van der Waals surface area contributed by atoms with Crippen LogP contribution in [0, 0.1) is 6.92 Å². The number of aryl methyl sites for hydroxylation is 3. The minimum absolute atomic E-state index is 0.322. The predicted molar refractivity (Wildman–Crippen MR) is 98.2 cm³/mol. The highest BCUT2D eigenvalue weighted by Gasteiger charge is 2.10. The van der Waals surface area contributed by atoms with Crippen LogP contribution in [0.4, 0.5) is 0 Å². The fourth-order valence-electron chi connectivity index (χ4n) is 3.00. The van der Waals surface area contributed by atoms with E-state index in [4.69, 9.17) is 0 Å². The maximum atomic E-state index is 9.33. The van der Waals surface area contributed by atoms with Crippen molar-refractivity contribution < 1.29 is 5.11 Å². The number of nitrogens with one attached hydrogen (secondary N) is 1.